The molecule has 1 unspecified atom stereocenters. The fourth-order valence-corrected chi connectivity index (χ4v) is 3.43. The first-order valence-corrected chi connectivity index (χ1v) is 9.75. The number of benzene rings is 1. The van der Waals surface area contributed by atoms with Gasteiger partial charge in [-0.2, -0.15) is 5.26 Å². The van der Waals surface area contributed by atoms with Gasteiger partial charge in [-0.05, 0) is 24.6 Å². The SMILES string of the molecule is C1COCCN1.COC(=O)C1=C(C)NC(S)=C(C#N)C1c1ccc(C(=O)OC)cc1. The highest BCUT2D eigenvalue weighted by molar-refractivity contribution is 7.84. The first kappa shape index (κ1) is 23.5. The number of carbonyl (C=O) groups excluding carboxylic acids is 2. The van der Waals surface area contributed by atoms with Crippen molar-refractivity contribution in [2.24, 2.45) is 0 Å². The fourth-order valence-electron chi connectivity index (χ4n) is 3.09. The van der Waals surface area contributed by atoms with Crippen molar-refractivity contribution in [2.45, 2.75) is 12.8 Å². The van der Waals surface area contributed by atoms with Gasteiger partial charge in [0.05, 0.1) is 61.2 Å². The minimum atomic E-state index is -0.622. The predicted octanol–water partition coefficient (Wildman–Crippen LogP) is 1.88. The fraction of sp³-hybridized carbons (Fsp3) is 0.381. The maximum atomic E-state index is 12.2. The molecular formula is C21H25N3O5S. The van der Waals surface area contributed by atoms with E-state index >= 15 is 0 Å². The van der Waals surface area contributed by atoms with Crippen LogP contribution in [0.5, 0.6) is 0 Å². The van der Waals surface area contributed by atoms with Gasteiger partial charge < -0.3 is 24.8 Å². The summed E-state index contributed by atoms with van der Waals surface area (Å²) < 4.78 is 14.5. The summed E-state index contributed by atoms with van der Waals surface area (Å²) in [5, 5.41) is 15.9. The van der Waals surface area contributed by atoms with Crippen LogP contribution in [0.4, 0.5) is 0 Å². The smallest absolute Gasteiger partial charge is 0.337 e. The Labute approximate surface area is 181 Å². The number of nitrogens with zero attached hydrogens (tertiary/aromatic N) is 1. The van der Waals surface area contributed by atoms with Crippen molar-refractivity contribution in [3.8, 4) is 6.07 Å². The number of esters is 2. The molecule has 1 aromatic carbocycles. The molecule has 3 rings (SSSR count). The van der Waals surface area contributed by atoms with Gasteiger partial charge in [0, 0.05) is 18.8 Å². The molecule has 2 aliphatic rings. The van der Waals surface area contributed by atoms with Gasteiger partial charge in [0.2, 0.25) is 0 Å². The van der Waals surface area contributed by atoms with E-state index in [2.05, 4.69) is 34.1 Å². The van der Waals surface area contributed by atoms with Gasteiger partial charge in [0.15, 0.2) is 0 Å². The molecule has 30 heavy (non-hydrogen) atoms. The summed E-state index contributed by atoms with van der Waals surface area (Å²) in [5.41, 5.74) is 2.25. The number of morpholine rings is 1. The number of nitriles is 1. The standard InChI is InChI=1S/C17H16N2O4S.C4H9NO/c1-9-13(17(21)23-3)14(12(8-18)15(24)19-9)10-4-6-11(7-5-10)16(20)22-2;1-3-6-4-2-5-1/h4-7,14,19,24H,1-3H3;5H,1-4H2. The molecule has 8 nitrogen and oxygen atoms in total. The Kier molecular flexibility index (Phi) is 8.92. The van der Waals surface area contributed by atoms with Crippen LogP contribution in [0.25, 0.3) is 0 Å². The second kappa shape index (κ2) is 11.4. The zero-order valence-electron chi connectivity index (χ0n) is 17.2. The summed E-state index contributed by atoms with van der Waals surface area (Å²) in [6.45, 7) is 5.55. The van der Waals surface area contributed by atoms with Crippen LogP contribution in [0, 0.1) is 11.3 Å². The monoisotopic (exact) mass is 431 g/mol. The number of rotatable bonds is 3. The number of methoxy groups -OCH3 is 2. The Balaban J connectivity index is 0.000000456. The first-order valence-electron chi connectivity index (χ1n) is 9.30. The van der Waals surface area contributed by atoms with Gasteiger partial charge in [0.25, 0.3) is 0 Å². The third kappa shape index (κ3) is 5.63. The van der Waals surface area contributed by atoms with Crippen LogP contribution in [-0.4, -0.2) is 52.5 Å². The van der Waals surface area contributed by atoms with Gasteiger partial charge in [-0.1, -0.05) is 12.1 Å². The topological polar surface area (TPSA) is 110 Å². The summed E-state index contributed by atoms with van der Waals surface area (Å²) in [6.07, 6.45) is 0. The Morgan fingerprint density at radius 2 is 1.73 bits per heavy atom. The summed E-state index contributed by atoms with van der Waals surface area (Å²) in [6, 6.07) is 8.61. The zero-order chi connectivity index (χ0) is 22.1. The second-order valence-corrected chi connectivity index (χ2v) is 6.89. The van der Waals surface area contributed by atoms with Gasteiger partial charge in [-0.25, -0.2) is 9.59 Å². The molecule has 0 aromatic heterocycles. The van der Waals surface area contributed by atoms with Crippen molar-refractivity contribution < 1.29 is 23.8 Å². The Morgan fingerprint density at radius 3 is 2.17 bits per heavy atom. The number of carbonyl (C=O) groups is 2. The van der Waals surface area contributed by atoms with E-state index in [9.17, 15) is 14.9 Å². The van der Waals surface area contributed by atoms with Crippen molar-refractivity contribution in [1.82, 2.24) is 10.6 Å². The van der Waals surface area contributed by atoms with E-state index in [1.54, 1.807) is 31.2 Å². The second-order valence-electron chi connectivity index (χ2n) is 6.44. The molecule has 2 N–H and O–H groups in total. The summed E-state index contributed by atoms with van der Waals surface area (Å²) in [5.74, 6) is -1.61. The molecule has 0 aliphatic carbocycles. The largest absolute Gasteiger partial charge is 0.466 e. The van der Waals surface area contributed by atoms with Crippen LogP contribution in [0.15, 0.2) is 46.1 Å². The molecule has 160 valence electrons. The molecule has 1 saturated heterocycles. The molecule has 0 spiro atoms. The van der Waals surface area contributed by atoms with Gasteiger partial charge in [-0.15, -0.1) is 12.6 Å². The maximum Gasteiger partial charge on any atom is 0.337 e. The molecule has 0 radical (unpaired) electrons. The first-order chi connectivity index (χ1) is 14.4. The predicted molar refractivity (Wildman–Crippen MR) is 114 cm³/mol. The lowest BCUT2D eigenvalue weighted by atomic mass is 9.82. The van der Waals surface area contributed by atoms with E-state index < -0.39 is 17.9 Å². The average Bonchev–Trinajstić information content (AvgIpc) is 2.79. The Morgan fingerprint density at radius 1 is 1.13 bits per heavy atom. The zero-order valence-corrected chi connectivity index (χ0v) is 18.0. The number of hydrogen-bond acceptors (Lipinski definition) is 9. The lowest BCUT2D eigenvalue weighted by Gasteiger charge is -2.27. The van der Waals surface area contributed by atoms with Gasteiger partial charge in [0.1, 0.15) is 0 Å². The highest BCUT2D eigenvalue weighted by Gasteiger charge is 2.34. The number of dihydropyridines is 1. The van der Waals surface area contributed by atoms with Crippen molar-refractivity contribution in [2.75, 3.05) is 40.5 Å². The van der Waals surface area contributed by atoms with E-state index in [4.69, 9.17) is 9.47 Å². The summed E-state index contributed by atoms with van der Waals surface area (Å²) in [4.78, 5) is 23.8. The van der Waals surface area contributed by atoms with E-state index in [0.717, 1.165) is 26.3 Å². The van der Waals surface area contributed by atoms with E-state index in [1.807, 2.05) is 0 Å². The minimum Gasteiger partial charge on any atom is -0.466 e. The third-order valence-electron chi connectivity index (χ3n) is 4.58. The van der Waals surface area contributed by atoms with Crippen LogP contribution in [0.2, 0.25) is 0 Å². The lowest BCUT2D eigenvalue weighted by molar-refractivity contribution is -0.136. The molecule has 0 amide bonds. The third-order valence-corrected chi connectivity index (χ3v) is 4.93. The van der Waals surface area contributed by atoms with Crippen LogP contribution in [0.1, 0.15) is 28.8 Å². The molecule has 0 saturated carbocycles. The molecule has 2 aliphatic heterocycles. The number of hydrogen-bond donors (Lipinski definition) is 3. The van der Waals surface area contributed by atoms with E-state index in [0.29, 0.717) is 33.0 Å². The normalized spacial score (nSPS) is 18.4. The van der Waals surface area contributed by atoms with Crippen molar-refractivity contribution in [3.05, 3.63) is 57.3 Å². The molecule has 9 heteroatoms. The molecule has 2 heterocycles. The maximum absolute atomic E-state index is 12.2. The Bertz CT molecular complexity index is 871. The average molecular weight is 432 g/mol. The number of allylic oxidation sites excluding steroid dienone is 2. The van der Waals surface area contributed by atoms with Crippen molar-refractivity contribution >= 4 is 24.6 Å². The van der Waals surface area contributed by atoms with Crippen LogP contribution >= 0.6 is 12.6 Å². The summed E-state index contributed by atoms with van der Waals surface area (Å²) >= 11 is 4.30. The van der Waals surface area contributed by atoms with Gasteiger partial charge in [-0.3, -0.25) is 0 Å². The van der Waals surface area contributed by atoms with Crippen molar-refractivity contribution in [3.63, 3.8) is 0 Å². The summed E-state index contributed by atoms with van der Waals surface area (Å²) in [7, 11) is 2.58. The molecule has 1 atom stereocenters. The van der Waals surface area contributed by atoms with E-state index in [-0.39, 0.29) is 0 Å². The minimum absolute atomic E-state index is 0.301. The molecular weight excluding hydrogens is 406 g/mol. The van der Waals surface area contributed by atoms with Crippen LogP contribution in [0.3, 0.4) is 0 Å². The number of ether oxygens (including phenoxy) is 3. The molecule has 1 fully saturated rings. The van der Waals surface area contributed by atoms with Crippen molar-refractivity contribution in [1.29, 1.82) is 5.26 Å². The quantitative estimate of drug-likeness (QED) is 0.492. The van der Waals surface area contributed by atoms with E-state index in [1.165, 1.54) is 14.2 Å². The van der Waals surface area contributed by atoms with Crippen LogP contribution in [-0.2, 0) is 19.0 Å². The highest BCUT2D eigenvalue weighted by Crippen LogP contribution is 2.39. The number of thiol groups is 1. The van der Waals surface area contributed by atoms with Gasteiger partial charge >= 0.3 is 11.9 Å². The van der Waals surface area contributed by atoms with Crippen LogP contribution < -0.4 is 10.6 Å². The Hall–Kier alpha value is -2.80. The lowest BCUT2D eigenvalue weighted by Crippen LogP contribution is -2.30. The molecule has 1 aromatic rings. The molecule has 0 bridgehead atoms. The highest BCUT2D eigenvalue weighted by atomic mass is 32.1. The number of nitrogens with one attached hydrogen (secondary N) is 2.